The fourth-order valence-corrected chi connectivity index (χ4v) is 2.38. The molecule has 1 aromatic heterocycles. The summed E-state index contributed by atoms with van der Waals surface area (Å²) in [5.74, 6) is 0.566. The molecule has 5 nitrogen and oxygen atoms in total. The van der Waals surface area contributed by atoms with E-state index in [2.05, 4.69) is 14.9 Å². The van der Waals surface area contributed by atoms with Crippen molar-refractivity contribution < 1.29 is 9.37 Å². The molecule has 0 radical (unpaired) electrons. The first-order valence-electron chi connectivity index (χ1n) is 6.11. The van der Waals surface area contributed by atoms with Crippen LogP contribution < -0.4 is 10.5 Å². The van der Waals surface area contributed by atoms with Crippen molar-refractivity contribution in [3.63, 3.8) is 0 Å². The van der Waals surface area contributed by atoms with Crippen LogP contribution in [-0.2, 0) is 13.0 Å². The lowest BCUT2D eigenvalue weighted by atomic mass is 10.1. The van der Waals surface area contributed by atoms with E-state index in [0.29, 0.717) is 33.6 Å². The molecule has 1 unspecified atom stereocenters. The van der Waals surface area contributed by atoms with Crippen molar-refractivity contribution in [3.05, 3.63) is 39.1 Å². The van der Waals surface area contributed by atoms with Gasteiger partial charge in [0.1, 0.15) is 23.7 Å². The van der Waals surface area contributed by atoms with Gasteiger partial charge >= 0.3 is 0 Å². The van der Waals surface area contributed by atoms with Gasteiger partial charge in [-0.25, -0.2) is 4.63 Å². The number of aromatic nitrogens is 2. The Balaban J connectivity index is 2.23. The summed E-state index contributed by atoms with van der Waals surface area (Å²) in [5.41, 5.74) is 8.01. The normalized spacial score (nSPS) is 12.4. The number of nitrogens with zero attached hydrogens (tertiary/aromatic N) is 2. The Morgan fingerprint density at radius 1 is 1.35 bits per heavy atom. The maximum absolute atomic E-state index is 6.19. The van der Waals surface area contributed by atoms with Crippen molar-refractivity contribution >= 4 is 23.2 Å². The first-order valence-corrected chi connectivity index (χ1v) is 6.87. The fraction of sp³-hybridized carbons (Fsp3) is 0.385. The summed E-state index contributed by atoms with van der Waals surface area (Å²) in [5, 5.41) is 8.46. The highest BCUT2D eigenvalue weighted by Crippen LogP contribution is 2.33. The molecule has 2 N–H and O–H groups in total. The third kappa shape index (κ3) is 3.62. The van der Waals surface area contributed by atoms with Crippen molar-refractivity contribution in [2.45, 2.75) is 32.9 Å². The summed E-state index contributed by atoms with van der Waals surface area (Å²) in [6, 6.07) is 3.42. The molecule has 0 aliphatic carbocycles. The average Bonchev–Trinajstić information content (AvgIpc) is 2.73. The van der Waals surface area contributed by atoms with Crippen molar-refractivity contribution in [1.82, 2.24) is 10.3 Å². The van der Waals surface area contributed by atoms with Crippen molar-refractivity contribution in [1.29, 1.82) is 0 Å². The number of benzene rings is 1. The van der Waals surface area contributed by atoms with Crippen LogP contribution >= 0.6 is 23.2 Å². The van der Waals surface area contributed by atoms with E-state index >= 15 is 0 Å². The molecule has 0 saturated heterocycles. The van der Waals surface area contributed by atoms with E-state index in [1.807, 2.05) is 6.92 Å². The van der Waals surface area contributed by atoms with Crippen molar-refractivity contribution in [3.8, 4) is 5.75 Å². The van der Waals surface area contributed by atoms with E-state index < -0.39 is 0 Å². The van der Waals surface area contributed by atoms with E-state index in [0.717, 1.165) is 5.56 Å². The van der Waals surface area contributed by atoms with Crippen LogP contribution in [0.15, 0.2) is 16.8 Å². The number of aryl methyl sites for hydroxylation is 1. The van der Waals surface area contributed by atoms with Gasteiger partial charge in [0.15, 0.2) is 0 Å². The molecule has 20 heavy (non-hydrogen) atoms. The predicted molar refractivity (Wildman–Crippen MR) is 77.2 cm³/mol. The molecule has 0 aliphatic heterocycles. The second kappa shape index (κ2) is 6.43. The van der Waals surface area contributed by atoms with Crippen LogP contribution in [0.3, 0.4) is 0 Å². The zero-order chi connectivity index (χ0) is 14.7. The molecule has 7 heteroatoms. The molecule has 0 aliphatic rings. The third-order valence-corrected chi connectivity index (χ3v) is 3.23. The van der Waals surface area contributed by atoms with E-state index in [1.165, 1.54) is 0 Å². The maximum atomic E-state index is 6.19. The summed E-state index contributed by atoms with van der Waals surface area (Å²) in [6.45, 7) is 3.93. The third-order valence-electron chi connectivity index (χ3n) is 2.73. The van der Waals surface area contributed by atoms with Gasteiger partial charge in [0.05, 0.1) is 5.02 Å². The van der Waals surface area contributed by atoms with Crippen LogP contribution in [-0.4, -0.2) is 16.4 Å². The molecule has 0 fully saturated rings. The largest absolute Gasteiger partial charge is 0.485 e. The molecular weight excluding hydrogens is 301 g/mol. The average molecular weight is 316 g/mol. The number of nitrogens with two attached hydrogens (primary N) is 1. The lowest BCUT2D eigenvalue weighted by Gasteiger charge is -2.14. The Morgan fingerprint density at radius 3 is 2.70 bits per heavy atom. The fourth-order valence-electron chi connectivity index (χ4n) is 1.79. The monoisotopic (exact) mass is 315 g/mol. The second-order valence-electron chi connectivity index (χ2n) is 4.64. The predicted octanol–water partition coefficient (Wildman–Crippen LogP) is 3.15. The van der Waals surface area contributed by atoms with Crippen LogP contribution in [0.25, 0.3) is 0 Å². The van der Waals surface area contributed by atoms with Gasteiger partial charge in [-0.15, -0.1) is 0 Å². The van der Waals surface area contributed by atoms with Gasteiger partial charge < -0.3 is 10.5 Å². The lowest BCUT2D eigenvalue weighted by Crippen LogP contribution is -2.18. The zero-order valence-corrected chi connectivity index (χ0v) is 12.7. The van der Waals surface area contributed by atoms with Crippen LogP contribution in [0, 0.1) is 6.92 Å². The molecule has 1 atom stereocenters. The minimum Gasteiger partial charge on any atom is -0.485 e. The molecule has 2 rings (SSSR count). The SMILES string of the molecule is Cc1nonc1COc1c(Cl)cc(Cl)cc1CC(C)N. The van der Waals surface area contributed by atoms with Gasteiger partial charge in [0.2, 0.25) is 0 Å². The van der Waals surface area contributed by atoms with Crippen LogP contribution in [0.2, 0.25) is 10.0 Å². The quantitative estimate of drug-likeness (QED) is 0.917. The highest BCUT2D eigenvalue weighted by Gasteiger charge is 2.14. The Bertz CT molecular complexity index is 599. The molecule has 1 heterocycles. The smallest absolute Gasteiger partial charge is 0.145 e. The molecule has 1 aromatic carbocycles. The summed E-state index contributed by atoms with van der Waals surface area (Å²) in [6.07, 6.45) is 0.617. The first kappa shape index (κ1) is 15.1. The van der Waals surface area contributed by atoms with Gasteiger partial charge in [-0.05, 0) is 38.0 Å². The van der Waals surface area contributed by atoms with E-state index in [1.54, 1.807) is 19.1 Å². The topological polar surface area (TPSA) is 74.2 Å². The van der Waals surface area contributed by atoms with E-state index in [9.17, 15) is 0 Å². The van der Waals surface area contributed by atoms with Crippen molar-refractivity contribution in [2.75, 3.05) is 0 Å². The molecule has 0 amide bonds. The molecule has 0 bridgehead atoms. The minimum atomic E-state index is -0.0256. The minimum absolute atomic E-state index is 0.0256. The van der Waals surface area contributed by atoms with E-state index in [-0.39, 0.29) is 12.6 Å². The molecule has 108 valence electrons. The molecule has 0 spiro atoms. The number of ether oxygens (including phenoxy) is 1. The number of rotatable bonds is 5. The summed E-state index contributed by atoms with van der Waals surface area (Å²) < 4.78 is 10.4. The van der Waals surface area contributed by atoms with Gasteiger partial charge in [0, 0.05) is 11.1 Å². The summed E-state index contributed by atoms with van der Waals surface area (Å²) in [4.78, 5) is 0. The maximum Gasteiger partial charge on any atom is 0.145 e. The standard InChI is InChI=1S/C13H15Cl2N3O2/c1-7(16)3-9-4-10(14)5-11(15)13(9)19-6-12-8(2)17-20-18-12/h4-5,7H,3,6,16H2,1-2H3. The van der Waals surface area contributed by atoms with Gasteiger partial charge in [0.25, 0.3) is 0 Å². The van der Waals surface area contributed by atoms with Gasteiger partial charge in [-0.1, -0.05) is 33.5 Å². The number of hydrogen-bond donors (Lipinski definition) is 1. The van der Waals surface area contributed by atoms with Crippen molar-refractivity contribution in [2.24, 2.45) is 5.73 Å². The van der Waals surface area contributed by atoms with Gasteiger partial charge in [-0.2, -0.15) is 0 Å². The van der Waals surface area contributed by atoms with Crippen LogP contribution in [0.5, 0.6) is 5.75 Å². The molecule has 2 aromatic rings. The molecular formula is C13H15Cl2N3O2. The summed E-state index contributed by atoms with van der Waals surface area (Å²) in [7, 11) is 0. The highest BCUT2D eigenvalue weighted by atomic mass is 35.5. The Kier molecular flexibility index (Phi) is 4.86. The Hall–Kier alpha value is -1.30. The number of halogens is 2. The second-order valence-corrected chi connectivity index (χ2v) is 5.49. The van der Waals surface area contributed by atoms with Crippen LogP contribution in [0.4, 0.5) is 0 Å². The van der Waals surface area contributed by atoms with Gasteiger partial charge in [-0.3, -0.25) is 0 Å². The Labute approximate surface area is 127 Å². The lowest BCUT2D eigenvalue weighted by molar-refractivity contribution is 0.268. The zero-order valence-electron chi connectivity index (χ0n) is 11.2. The number of hydrogen-bond acceptors (Lipinski definition) is 5. The first-order chi connectivity index (χ1) is 9.47. The molecule has 0 saturated carbocycles. The highest BCUT2D eigenvalue weighted by molar-refractivity contribution is 6.35. The Morgan fingerprint density at radius 2 is 2.10 bits per heavy atom. The summed E-state index contributed by atoms with van der Waals surface area (Å²) >= 11 is 12.2. The van der Waals surface area contributed by atoms with Crippen LogP contribution in [0.1, 0.15) is 23.9 Å². The van der Waals surface area contributed by atoms with E-state index in [4.69, 9.17) is 33.7 Å².